The number of nitrogens with one attached hydrogen (secondary N) is 1. The first-order valence-corrected chi connectivity index (χ1v) is 7.75. The van der Waals surface area contributed by atoms with Crippen molar-refractivity contribution >= 4 is 0 Å². The number of rotatable bonds is 9. The van der Waals surface area contributed by atoms with Gasteiger partial charge in [0.25, 0.3) is 0 Å². The van der Waals surface area contributed by atoms with E-state index in [1.54, 1.807) is 0 Å². The van der Waals surface area contributed by atoms with Crippen LogP contribution >= 0.6 is 0 Å². The van der Waals surface area contributed by atoms with Crippen molar-refractivity contribution in [1.29, 1.82) is 0 Å². The van der Waals surface area contributed by atoms with Gasteiger partial charge in [-0.15, -0.1) is 0 Å². The Morgan fingerprint density at radius 1 is 1.24 bits per heavy atom. The summed E-state index contributed by atoms with van der Waals surface area (Å²) >= 11 is 0. The van der Waals surface area contributed by atoms with E-state index in [0.717, 1.165) is 43.9 Å². The summed E-state index contributed by atoms with van der Waals surface area (Å²) in [6.45, 7) is 9.38. The number of benzene rings is 1. The smallest absolute Gasteiger partial charge is 0.231 e. The van der Waals surface area contributed by atoms with Crippen molar-refractivity contribution in [2.24, 2.45) is 0 Å². The summed E-state index contributed by atoms with van der Waals surface area (Å²) < 4.78 is 10.6. The van der Waals surface area contributed by atoms with Crippen LogP contribution in [0.2, 0.25) is 0 Å². The van der Waals surface area contributed by atoms with Gasteiger partial charge < -0.3 is 24.8 Å². The summed E-state index contributed by atoms with van der Waals surface area (Å²) in [5, 5.41) is 13.5. The van der Waals surface area contributed by atoms with Crippen molar-refractivity contribution in [2.75, 3.05) is 39.5 Å². The predicted octanol–water partition coefficient (Wildman–Crippen LogP) is 1.77. The molecule has 0 saturated carbocycles. The number of fused-ring (bicyclic) bond motifs is 1. The van der Waals surface area contributed by atoms with E-state index < -0.39 is 6.10 Å². The van der Waals surface area contributed by atoms with Crippen molar-refractivity contribution in [1.82, 2.24) is 10.2 Å². The van der Waals surface area contributed by atoms with Gasteiger partial charge in [0.05, 0.1) is 6.10 Å². The zero-order valence-corrected chi connectivity index (χ0v) is 13.0. The summed E-state index contributed by atoms with van der Waals surface area (Å²) in [4.78, 5) is 2.40. The minimum Gasteiger partial charge on any atom is -0.454 e. The SMILES string of the molecule is CCN(CC)CCCNCC(O)c1ccc2c(c1)OCO2. The van der Waals surface area contributed by atoms with E-state index in [9.17, 15) is 5.11 Å². The van der Waals surface area contributed by atoms with Gasteiger partial charge in [-0.3, -0.25) is 0 Å². The molecule has 0 aromatic heterocycles. The molecule has 1 atom stereocenters. The first-order valence-electron chi connectivity index (χ1n) is 7.75. The number of aliphatic hydroxyl groups excluding tert-OH is 1. The topological polar surface area (TPSA) is 54.0 Å². The molecule has 0 fully saturated rings. The Kier molecular flexibility index (Phi) is 6.29. The van der Waals surface area contributed by atoms with Gasteiger partial charge in [0.15, 0.2) is 11.5 Å². The van der Waals surface area contributed by atoms with Crippen LogP contribution in [0.1, 0.15) is 31.9 Å². The van der Waals surface area contributed by atoms with Crippen LogP contribution in [-0.2, 0) is 0 Å². The highest BCUT2D eigenvalue weighted by Crippen LogP contribution is 2.33. The second kappa shape index (κ2) is 8.22. The molecule has 5 nitrogen and oxygen atoms in total. The van der Waals surface area contributed by atoms with Gasteiger partial charge in [-0.1, -0.05) is 19.9 Å². The normalized spacial score (nSPS) is 14.7. The maximum absolute atomic E-state index is 10.2. The molecule has 0 spiro atoms. The van der Waals surface area contributed by atoms with Crippen LogP contribution in [0, 0.1) is 0 Å². The van der Waals surface area contributed by atoms with Crippen LogP contribution in [0.25, 0.3) is 0 Å². The van der Waals surface area contributed by atoms with Crippen molar-refractivity contribution in [3.63, 3.8) is 0 Å². The molecule has 0 bridgehead atoms. The molecule has 1 aromatic carbocycles. The number of aliphatic hydroxyl groups is 1. The molecule has 118 valence electrons. The summed E-state index contributed by atoms with van der Waals surface area (Å²) in [6.07, 6.45) is 0.572. The Balaban J connectivity index is 1.69. The predicted molar refractivity (Wildman–Crippen MR) is 82.8 cm³/mol. The van der Waals surface area contributed by atoms with Gasteiger partial charge in [-0.2, -0.15) is 0 Å². The minimum atomic E-state index is -0.520. The standard InChI is InChI=1S/C16H26N2O3/c1-3-18(4-2)9-5-8-17-11-14(19)13-6-7-15-16(10-13)21-12-20-15/h6-7,10,14,17,19H,3-5,8-9,11-12H2,1-2H3. The van der Waals surface area contributed by atoms with Crippen molar-refractivity contribution in [3.05, 3.63) is 23.8 Å². The molecule has 0 aliphatic carbocycles. The second-order valence-corrected chi connectivity index (χ2v) is 5.21. The summed E-state index contributed by atoms with van der Waals surface area (Å²) in [6, 6.07) is 5.58. The van der Waals surface area contributed by atoms with E-state index in [1.807, 2.05) is 18.2 Å². The van der Waals surface area contributed by atoms with E-state index >= 15 is 0 Å². The molecule has 1 unspecified atom stereocenters. The van der Waals surface area contributed by atoms with E-state index in [2.05, 4.69) is 24.1 Å². The zero-order valence-electron chi connectivity index (χ0n) is 13.0. The second-order valence-electron chi connectivity index (χ2n) is 5.21. The van der Waals surface area contributed by atoms with Gasteiger partial charge in [-0.05, 0) is 50.3 Å². The Bertz CT molecular complexity index is 436. The molecule has 1 heterocycles. The van der Waals surface area contributed by atoms with Gasteiger partial charge >= 0.3 is 0 Å². The third-order valence-electron chi connectivity index (χ3n) is 3.84. The molecule has 2 N–H and O–H groups in total. The third-order valence-corrected chi connectivity index (χ3v) is 3.84. The lowest BCUT2D eigenvalue weighted by atomic mass is 10.1. The first-order chi connectivity index (χ1) is 10.2. The molecule has 1 aliphatic rings. The lowest BCUT2D eigenvalue weighted by Crippen LogP contribution is -2.28. The molecule has 0 radical (unpaired) electrons. The van der Waals surface area contributed by atoms with Crippen LogP contribution in [0.5, 0.6) is 11.5 Å². The van der Waals surface area contributed by atoms with Crippen LogP contribution in [-0.4, -0.2) is 49.5 Å². The molecular formula is C16H26N2O3. The minimum absolute atomic E-state index is 0.262. The third kappa shape index (κ3) is 4.59. The summed E-state index contributed by atoms with van der Waals surface area (Å²) in [5.74, 6) is 1.46. The van der Waals surface area contributed by atoms with E-state index in [1.165, 1.54) is 0 Å². The molecule has 1 aliphatic heterocycles. The van der Waals surface area contributed by atoms with Crippen LogP contribution in [0.15, 0.2) is 18.2 Å². The summed E-state index contributed by atoms with van der Waals surface area (Å²) in [5.41, 5.74) is 0.857. The van der Waals surface area contributed by atoms with Gasteiger partial charge in [0, 0.05) is 6.54 Å². The Labute approximate surface area is 126 Å². The van der Waals surface area contributed by atoms with Gasteiger partial charge in [0.1, 0.15) is 0 Å². The number of hydrogen-bond donors (Lipinski definition) is 2. The number of nitrogens with zero attached hydrogens (tertiary/aromatic N) is 1. The fourth-order valence-electron chi connectivity index (χ4n) is 2.44. The summed E-state index contributed by atoms with van der Waals surface area (Å²) in [7, 11) is 0. The molecule has 21 heavy (non-hydrogen) atoms. The fraction of sp³-hybridized carbons (Fsp3) is 0.625. The average Bonchev–Trinajstić information content (AvgIpc) is 2.98. The highest BCUT2D eigenvalue weighted by atomic mass is 16.7. The van der Waals surface area contributed by atoms with E-state index in [-0.39, 0.29) is 6.79 Å². The highest BCUT2D eigenvalue weighted by Gasteiger charge is 2.16. The van der Waals surface area contributed by atoms with Gasteiger partial charge in [0.2, 0.25) is 6.79 Å². The largest absolute Gasteiger partial charge is 0.454 e. The molecule has 0 saturated heterocycles. The lowest BCUT2D eigenvalue weighted by Gasteiger charge is -2.18. The maximum atomic E-state index is 10.2. The van der Waals surface area contributed by atoms with Crippen molar-refractivity contribution in [3.8, 4) is 11.5 Å². The quantitative estimate of drug-likeness (QED) is 0.680. The number of ether oxygens (including phenoxy) is 2. The van der Waals surface area contributed by atoms with Crippen LogP contribution in [0.4, 0.5) is 0 Å². The average molecular weight is 294 g/mol. The van der Waals surface area contributed by atoms with E-state index in [4.69, 9.17) is 9.47 Å². The Hall–Kier alpha value is -1.30. The van der Waals surface area contributed by atoms with Crippen LogP contribution < -0.4 is 14.8 Å². The number of hydrogen-bond acceptors (Lipinski definition) is 5. The zero-order chi connectivity index (χ0) is 15.1. The molecule has 5 heteroatoms. The molecule has 2 rings (SSSR count). The Morgan fingerprint density at radius 3 is 2.76 bits per heavy atom. The van der Waals surface area contributed by atoms with Gasteiger partial charge in [-0.25, -0.2) is 0 Å². The molecular weight excluding hydrogens is 268 g/mol. The monoisotopic (exact) mass is 294 g/mol. The maximum Gasteiger partial charge on any atom is 0.231 e. The molecule has 0 amide bonds. The Morgan fingerprint density at radius 2 is 2.00 bits per heavy atom. The van der Waals surface area contributed by atoms with Crippen LogP contribution in [0.3, 0.4) is 0 Å². The highest BCUT2D eigenvalue weighted by molar-refractivity contribution is 5.45. The first kappa shape index (κ1) is 16.1. The van der Waals surface area contributed by atoms with Crippen molar-refractivity contribution < 1.29 is 14.6 Å². The van der Waals surface area contributed by atoms with Crippen molar-refractivity contribution in [2.45, 2.75) is 26.4 Å². The molecule has 1 aromatic rings. The fourth-order valence-corrected chi connectivity index (χ4v) is 2.44. The lowest BCUT2D eigenvalue weighted by molar-refractivity contribution is 0.170. The van der Waals surface area contributed by atoms with E-state index in [0.29, 0.717) is 12.3 Å².